The van der Waals surface area contributed by atoms with Gasteiger partial charge in [-0.1, -0.05) is 61.4 Å². The number of pyridine rings is 1. The molecule has 1 heterocycles. The van der Waals surface area contributed by atoms with Gasteiger partial charge >= 0.3 is 0 Å². The zero-order valence-corrected chi connectivity index (χ0v) is 28.0. The first-order valence-corrected chi connectivity index (χ1v) is 17.3. The molecule has 242 valence electrons. The summed E-state index contributed by atoms with van der Waals surface area (Å²) < 4.78 is 28.7. The summed E-state index contributed by atoms with van der Waals surface area (Å²) in [5.41, 5.74) is 4.11. The summed E-state index contributed by atoms with van der Waals surface area (Å²) in [6, 6.07) is 24.9. The van der Waals surface area contributed by atoms with E-state index in [4.69, 9.17) is 4.98 Å². The second-order valence-corrected chi connectivity index (χ2v) is 13.8. The van der Waals surface area contributed by atoms with Gasteiger partial charge in [-0.3, -0.25) is 4.79 Å². The Labute approximate surface area is 272 Å². The van der Waals surface area contributed by atoms with Crippen molar-refractivity contribution in [2.45, 2.75) is 30.6 Å². The molecule has 0 radical (unpaired) electrons. The summed E-state index contributed by atoms with van der Waals surface area (Å²) in [6.45, 7) is 2.46. The Kier molecular flexibility index (Phi) is 10.7. The van der Waals surface area contributed by atoms with Crippen molar-refractivity contribution in [3.05, 3.63) is 84.4 Å². The minimum atomic E-state index is -3.59. The molecule has 1 aromatic heterocycles. The van der Waals surface area contributed by atoms with E-state index in [-0.39, 0.29) is 10.8 Å². The highest BCUT2D eigenvalue weighted by Crippen LogP contribution is 2.32. The van der Waals surface area contributed by atoms with E-state index in [1.807, 2.05) is 98.7 Å². The number of hydrogen-bond acceptors (Lipinski definition) is 7. The van der Waals surface area contributed by atoms with Crippen LogP contribution in [0.5, 0.6) is 0 Å². The van der Waals surface area contributed by atoms with Crippen molar-refractivity contribution in [3.63, 3.8) is 0 Å². The number of carbonyl (C=O) groups is 1. The Morgan fingerprint density at radius 1 is 0.761 bits per heavy atom. The zero-order chi connectivity index (χ0) is 32.7. The van der Waals surface area contributed by atoms with Gasteiger partial charge in [0.1, 0.15) is 0 Å². The van der Waals surface area contributed by atoms with E-state index in [9.17, 15) is 13.2 Å². The molecule has 0 bridgehead atoms. The number of benzene rings is 4. The van der Waals surface area contributed by atoms with E-state index in [1.165, 1.54) is 0 Å². The number of nitrogens with one attached hydrogen (secondary N) is 3. The van der Waals surface area contributed by atoms with Crippen LogP contribution >= 0.6 is 0 Å². The summed E-state index contributed by atoms with van der Waals surface area (Å²) in [7, 11) is 4.32. The van der Waals surface area contributed by atoms with E-state index < -0.39 is 10.0 Å². The van der Waals surface area contributed by atoms with Gasteiger partial charge in [-0.25, -0.2) is 18.1 Å². The van der Waals surface area contributed by atoms with Crippen LogP contribution in [-0.2, 0) is 10.0 Å². The number of sulfonamides is 1. The standard InChI is InChI=1S/C36H44N6O3S/c1-41(2)24-23-38-36(43)31-16-12-15-30-34(29-14-7-8-17-32(29)40-35(30)31)37-21-9-5-6-10-22-39-46(44,45)27-19-20-28-26(25-27)13-11-18-33(28)42(3)4/h7-8,11-20,25,39H,5-6,9-10,21-24H2,1-4H3,(H,37,40)(H,38,43). The fourth-order valence-electron chi connectivity index (χ4n) is 5.68. The number of amides is 1. The average molecular weight is 641 g/mol. The van der Waals surface area contributed by atoms with E-state index >= 15 is 0 Å². The molecule has 5 rings (SSSR count). The van der Waals surface area contributed by atoms with Gasteiger partial charge in [0.15, 0.2) is 0 Å². The molecule has 0 atom stereocenters. The topological polar surface area (TPSA) is 107 Å². The number of hydrogen-bond donors (Lipinski definition) is 3. The van der Waals surface area contributed by atoms with Crippen LogP contribution in [0.1, 0.15) is 36.0 Å². The van der Waals surface area contributed by atoms with Crippen molar-refractivity contribution in [2.24, 2.45) is 0 Å². The van der Waals surface area contributed by atoms with Crippen molar-refractivity contribution >= 4 is 59.9 Å². The molecule has 3 N–H and O–H groups in total. The van der Waals surface area contributed by atoms with Gasteiger partial charge < -0.3 is 20.4 Å². The molecule has 0 aliphatic carbocycles. The predicted octanol–water partition coefficient (Wildman–Crippen LogP) is 5.85. The first-order valence-electron chi connectivity index (χ1n) is 15.8. The molecular formula is C36H44N6O3S. The van der Waals surface area contributed by atoms with Gasteiger partial charge in [0.2, 0.25) is 10.0 Å². The zero-order valence-electron chi connectivity index (χ0n) is 27.1. The number of fused-ring (bicyclic) bond motifs is 3. The monoisotopic (exact) mass is 640 g/mol. The van der Waals surface area contributed by atoms with E-state index in [1.54, 1.807) is 12.1 Å². The maximum absolute atomic E-state index is 13.1. The molecule has 0 unspecified atom stereocenters. The fraction of sp³-hybridized carbons (Fsp3) is 0.333. The number of aromatic nitrogens is 1. The quantitative estimate of drug-likeness (QED) is 0.0974. The Morgan fingerprint density at radius 3 is 2.28 bits per heavy atom. The summed E-state index contributed by atoms with van der Waals surface area (Å²) in [6.07, 6.45) is 3.54. The highest BCUT2D eigenvalue weighted by Gasteiger charge is 2.17. The van der Waals surface area contributed by atoms with Gasteiger partial charge in [-0.2, -0.15) is 0 Å². The van der Waals surface area contributed by atoms with Crippen LogP contribution in [-0.4, -0.2) is 78.6 Å². The molecule has 46 heavy (non-hydrogen) atoms. The number of anilines is 2. The minimum absolute atomic E-state index is 0.129. The molecule has 0 fully saturated rings. The SMILES string of the molecule is CN(C)CCNC(=O)c1cccc2c(NCCCCCCNS(=O)(=O)c3ccc4c(N(C)C)cccc4c3)c3ccccc3nc12. The van der Waals surface area contributed by atoms with Crippen LogP contribution in [0.3, 0.4) is 0 Å². The summed E-state index contributed by atoms with van der Waals surface area (Å²) in [5, 5.41) is 10.5. The van der Waals surface area contributed by atoms with E-state index in [0.717, 1.165) is 77.2 Å². The molecule has 0 aliphatic rings. The second-order valence-electron chi connectivity index (χ2n) is 12.1. The maximum Gasteiger partial charge on any atom is 0.253 e. The Bertz CT molecular complexity index is 1940. The van der Waals surface area contributed by atoms with Gasteiger partial charge in [-0.05, 0) is 62.7 Å². The second kappa shape index (κ2) is 14.9. The Morgan fingerprint density at radius 2 is 1.50 bits per heavy atom. The highest BCUT2D eigenvalue weighted by atomic mass is 32.2. The predicted molar refractivity (Wildman–Crippen MR) is 191 cm³/mol. The Balaban J connectivity index is 1.16. The van der Waals surface area contributed by atoms with Crippen molar-refractivity contribution in [1.82, 2.24) is 19.9 Å². The normalized spacial score (nSPS) is 11.8. The molecule has 9 nitrogen and oxygen atoms in total. The molecule has 0 saturated carbocycles. The maximum atomic E-state index is 13.1. The van der Waals surface area contributed by atoms with Gasteiger partial charge in [0.05, 0.1) is 27.2 Å². The number of para-hydroxylation sites is 2. The number of rotatable bonds is 15. The first-order chi connectivity index (χ1) is 22.2. The van der Waals surface area contributed by atoms with Crippen molar-refractivity contribution in [2.75, 3.05) is 64.6 Å². The van der Waals surface area contributed by atoms with Crippen LogP contribution in [0.4, 0.5) is 11.4 Å². The molecule has 0 aliphatic heterocycles. The van der Waals surface area contributed by atoms with Crippen LogP contribution in [0.2, 0.25) is 0 Å². The first kappa shape index (κ1) is 33.1. The summed E-state index contributed by atoms with van der Waals surface area (Å²) in [4.78, 5) is 22.3. The van der Waals surface area contributed by atoms with Crippen LogP contribution in [0, 0.1) is 0 Å². The Hall–Kier alpha value is -4.25. The molecular weight excluding hydrogens is 597 g/mol. The summed E-state index contributed by atoms with van der Waals surface area (Å²) in [5.74, 6) is -0.129. The van der Waals surface area contributed by atoms with Crippen LogP contribution in [0.25, 0.3) is 32.6 Å². The van der Waals surface area contributed by atoms with Crippen LogP contribution < -0.4 is 20.3 Å². The van der Waals surface area contributed by atoms with Crippen molar-refractivity contribution in [1.29, 1.82) is 0 Å². The van der Waals surface area contributed by atoms with Gasteiger partial charge in [-0.15, -0.1) is 0 Å². The van der Waals surface area contributed by atoms with Crippen molar-refractivity contribution < 1.29 is 13.2 Å². The highest BCUT2D eigenvalue weighted by molar-refractivity contribution is 7.89. The number of carbonyl (C=O) groups excluding carboxylic acids is 1. The lowest BCUT2D eigenvalue weighted by Crippen LogP contribution is -2.31. The minimum Gasteiger partial charge on any atom is -0.384 e. The molecule has 0 spiro atoms. The molecule has 0 saturated heterocycles. The molecule has 4 aromatic carbocycles. The number of unbranched alkanes of at least 4 members (excludes halogenated alkanes) is 3. The fourth-order valence-corrected chi connectivity index (χ4v) is 6.79. The average Bonchev–Trinajstić information content (AvgIpc) is 3.04. The molecule has 5 aromatic rings. The lowest BCUT2D eigenvalue weighted by molar-refractivity contribution is 0.0952. The molecule has 1 amide bonds. The number of likely N-dealkylation sites (N-methyl/N-ethyl adjacent to an activating group) is 1. The lowest BCUT2D eigenvalue weighted by atomic mass is 10.0. The van der Waals surface area contributed by atoms with Crippen molar-refractivity contribution in [3.8, 4) is 0 Å². The smallest absolute Gasteiger partial charge is 0.253 e. The largest absolute Gasteiger partial charge is 0.384 e. The third-order valence-corrected chi connectivity index (χ3v) is 9.58. The third kappa shape index (κ3) is 7.75. The van der Waals surface area contributed by atoms with E-state index in [0.29, 0.717) is 24.2 Å². The molecule has 10 heteroatoms. The van der Waals surface area contributed by atoms with E-state index in [2.05, 4.69) is 21.4 Å². The van der Waals surface area contributed by atoms with Crippen LogP contribution in [0.15, 0.2) is 83.8 Å². The van der Waals surface area contributed by atoms with Gasteiger partial charge in [0.25, 0.3) is 5.91 Å². The third-order valence-electron chi connectivity index (χ3n) is 8.12. The number of nitrogens with zero attached hydrogens (tertiary/aromatic N) is 3. The lowest BCUT2D eigenvalue weighted by Gasteiger charge is -2.16. The van der Waals surface area contributed by atoms with Gasteiger partial charge in [0, 0.05) is 62.1 Å². The summed E-state index contributed by atoms with van der Waals surface area (Å²) >= 11 is 0.